The van der Waals surface area contributed by atoms with Gasteiger partial charge in [0.05, 0.1) is 11.4 Å². The van der Waals surface area contributed by atoms with Gasteiger partial charge in [0, 0.05) is 47.4 Å². The summed E-state index contributed by atoms with van der Waals surface area (Å²) in [7, 11) is -2.72. The van der Waals surface area contributed by atoms with Crippen LogP contribution in [0.2, 0.25) is 5.02 Å². The Morgan fingerprint density at radius 3 is 2.49 bits per heavy atom. The minimum atomic E-state index is -4.34. The second kappa shape index (κ2) is 17.1. The number of ether oxygens (including phenoxy) is 3. The summed E-state index contributed by atoms with van der Waals surface area (Å²) in [4.78, 5) is 62.4. The van der Waals surface area contributed by atoms with Gasteiger partial charge in [-0.3, -0.25) is 28.9 Å². The number of fused-ring (bicyclic) bond motifs is 3. The van der Waals surface area contributed by atoms with E-state index in [4.69, 9.17) is 25.8 Å². The molecular weight excluding hydrogens is 840 g/mol. The quantitative estimate of drug-likeness (QED) is 0.123. The van der Waals surface area contributed by atoms with Crippen molar-refractivity contribution >= 4 is 56.2 Å². The summed E-state index contributed by atoms with van der Waals surface area (Å²) >= 11 is 6.55. The van der Waals surface area contributed by atoms with Gasteiger partial charge >= 0.3 is 12.1 Å². The number of sulfonamides is 1. The third-order valence-electron chi connectivity index (χ3n) is 12.9. The number of hydrogen-bond acceptors (Lipinski definition) is 10. The molecule has 4 amide bonds. The van der Waals surface area contributed by atoms with Gasteiger partial charge in [-0.25, -0.2) is 13.2 Å². The minimum absolute atomic E-state index is 0.0364. The number of carboxylic acid groups (broad SMARTS) is 1. The molecule has 3 heterocycles. The van der Waals surface area contributed by atoms with Gasteiger partial charge in [0.1, 0.15) is 24.2 Å². The highest BCUT2D eigenvalue weighted by atomic mass is 35.5. The van der Waals surface area contributed by atoms with Gasteiger partial charge in [-0.1, -0.05) is 50.6 Å². The van der Waals surface area contributed by atoms with Crippen molar-refractivity contribution in [1.82, 2.24) is 24.8 Å². The third-order valence-corrected chi connectivity index (χ3v) is 15.4. The number of aromatic nitrogens is 1. The molecule has 0 radical (unpaired) electrons. The zero-order chi connectivity index (χ0) is 44.9. The molecule has 1 saturated heterocycles. The lowest BCUT2D eigenvalue weighted by atomic mass is 9.86. The van der Waals surface area contributed by atoms with Crippen LogP contribution >= 0.6 is 11.6 Å². The van der Waals surface area contributed by atoms with E-state index < -0.39 is 92.2 Å². The molecule has 4 aliphatic rings. The van der Waals surface area contributed by atoms with Gasteiger partial charge in [0.2, 0.25) is 27.7 Å². The highest BCUT2D eigenvalue weighted by Crippen LogP contribution is 2.52. The molecule has 1 unspecified atom stereocenters. The van der Waals surface area contributed by atoms with Crippen molar-refractivity contribution in [3.63, 3.8) is 0 Å². The van der Waals surface area contributed by atoms with E-state index in [1.165, 1.54) is 20.1 Å². The van der Waals surface area contributed by atoms with Crippen LogP contribution in [0, 0.1) is 17.8 Å². The van der Waals surface area contributed by atoms with Gasteiger partial charge in [-0.15, -0.1) is 0 Å². The fraction of sp³-hybridized carbons (Fsp3) is 0.643. The Balaban J connectivity index is 1.49. The summed E-state index contributed by atoms with van der Waals surface area (Å²) in [5.74, 6) is -5.54. The summed E-state index contributed by atoms with van der Waals surface area (Å²) in [6, 6.07) is -2.67. The van der Waals surface area contributed by atoms with Gasteiger partial charge < -0.3 is 24.6 Å². The smallest absolute Gasteiger partial charge is 0.408 e. The number of hydrogen-bond donors (Lipinski definition) is 3. The largest absolute Gasteiger partial charge is 0.475 e. The Morgan fingerprint density at radius 1 is 1.15 bits per heavy atom. The van der Waals surface area contributed by atoms with E-state index in [-0.39, 0.29) is 65.5 Å². The lowest BCUT2D eigenvalue weighted by Crippen LogP contribution is -2.64. The maximum atomic E-state index is 17.8. The summed E-state index contributed by atoms with van der Waals surface area (Å²) in [6.07, 6.45) is 3.37. The van der Waals surface area contributed by atoms with E-state index in [9.17, 15) is 27.9 Å². The van der Waals surface area contributed by atoms with Crippen molar-refractivity contribution in [3.05, 3.63) is 41.4 Å². The van der Waals surface area contributed by atoms with E-state index >= 15 is 13.6 Å². The maximum absolute atomic E-state index is 17.8. The Labute approximate surface area is 359 Å². The SMILES string of the molecule is CCC(C)N(C(=O)O)[C@@H]1C(=O)N2[C@@H](C[C@@](C)(Oc3nc(OCCOC)cc4c(Cl)cccc34)C2(F)F)C(=O)N[C@]2(C(=O)NS(=O)(=O)C3(C)CC3)C[C@H]2/C=C\CC[C@H](C)C[C@H]1C. The summed E-state index contributed by atoms with van der Waals surface area (Å²) in [5.41, 5.74) is -4.59. The van der Waals surface area contributed by atoms with Crippen LogP contribution in [0.5, 0.6) is 11.8 Å². The number of halogens is 3. The number of carbonyl (C=O) groups excluding carboxylic acids is 3. The molecule has 2 aliphatic carbocycles. The van der Waals surface area contributed by atoms with Crippen LogP contribution in [0.3, 0.4) is 0 Å². The van der Waals surface area contributed by atoms with Crippen molar-refractivity contribution in [3.8, 4) is 11.8 Å². The predicted octanol–water partition coefficient (Wildman–Crippen LogP) is 6.28. The van der Waals surface area contributed by atoms with E-state index in [2.05, 4.69) is 15.0 Å². The van der Waals surface area contributed by atoms with Crippen LogP contribution < -0.4 is 19.5 Å². The van der Waals surface area contributed by atoms with Crippen molar-refractivity contribution < 1.29 is 55.7 Å². The molecule has 6 rings (SSSR count). The first-order valence-corrected chi connectivity index (χ1v) is 22.6. The van der Waals surface area contributed by atoms with Crippen molar-refractivity contribution in [1.29, 1.82) is 0 Å². The molecule has 19 heteroatoms. The van der Waals surface area contributed by atoms with E-state index in [0.717, 1.165) is 11.8 Å². The maximum Gasteiger partial charge on any atom is 0.408 e. The van der Waals surface area contributed by atoms with Crippen molar-refractivity contribution in [2.75, 3.05) is 20.3 Å². The highest BCUT2D eigenvalue weighted by Gasteiger charge is 2.71. The topological polar surface area (TPSA) is 194 Å². The van der Waals surface area contributed by atoms with Crippen LogP contribution in [0.4, 0.5) is 13.6 Å². The Bertz CT molecular complexity index is 2190. The molecule has 0 spiro atoms. The van der Waals surface area contributed by atoms with Gasteiger partial charge in [0.25, 0.3) is 11.8 Å². The lowest BCUT2D eigenvalue weighted by molar-refractivity contribution is -0.219. The zero-order valence-corrected chi connectivity index (χ0v) is 37.1. The minimum Gasteiger partial charge on any atom is -0.475 e. The molecule has 3 fully saturated rings. The van der Waals surface area contributed by atoms with Crippen molar-refractivity contribution in [2.45, 2.75) is 133 Å². The molecular formula is C42H56ClF2N5O10S. The van der Waals surface area contributed by atoms with Gasteiger partial charge in [0.15, 0.2) is 5.60 Å². The average Bonchev–Trinajstić information content (AvgIpc) is 4.09. The number of amides is 4. The zero-order valence-electron chi connectivity index (χ0n) is 35.5. The molecule has 1 aromatic carbocycles. The number of methoxy groups -OCH3 is 1. The van der Waals surface area contributed by atoms with Crippen LogP contribution in [-0.2, 0) is 29.1 Å². The molecule has 2 aromatic rings. The second-order valence-electron chi connectivity index (χ2n) is 17.6. The lowest BCUT2D eigenvalue weighted by Gasteiger charge is -2.42. The monoisotopic (exact) mass is 895 g/mol. The van der Waals surface area contributed by atoms with Crippen LogP contribution in [0.25, 0.3) is 10.8 Å². The Hall–Kier alpha value is -4.29. The summed E-state index contributed by atoms with van der Waals surface area (Å²) in [5, 5.41) is 14.0. The first kappa shape index (κ1) is 46.2. The molecule has 15 nitrogen and oxygen atoms in total. The number of pyridine rings is 1. The van der Waals surface area contributed by atoms with E-state index in [0.29, 0.717) is 31.1 Å². The molecule has 1 aromatic heterocycles. The van der Waals surface area contributed by atoms with Crippen LogP contribution in [0.1, 0.15) is 92.9 Å². The van der Waals surface area contributed by atoms with E-state index in [1.54, 1.807) is 45.0 Å². The molecule has 0 bridgehead atoms. The van der Waals surface area contributed by atoms with Crippen LogP contribution in [0.15, 0.2) is 36.4 Å². The number of nitrogens with zero attached hydrogens (tertiary/aromatic N) is 3. The van der Waals surface area contributed by atoms with Crippen LogP contribution in [-0.4, -0.2) is 113 Å². The summed E-state index contributed by atoms with van der Waals surface area (Å²) < 4.78 is 80.2. The number of allylic oxidation sites excluding steroid dienone is 1. The molecule has 8 atom stereocenters. The summed E-state index contributed by atoms with van der Waals surface area (Å²) in [6.45, 7) is 9.56. The molecule has 2 saturated carbocycles. The fourth-order valence-corrected chi connectivity index (χ4v) is 10.1. The van der Waals surface area contributed by atoms with Crippen molar-refractivity contribution in [2.24, 2.45) is 17.8 Å². The first-order valence-electron chi connectivity index (χ1n) is 20.7. The number of nitrogens with one attached hydrogen (secondary N) is 2. The van der Waals surface area contributed by atoms with Gasteiger partial charge in [-0.2, -0.15) is 13.8 Å². The van der Waals surface area contributed by atoms with E-state index in [1.807, 2.05) is 13.0 Å². The normalized spacial score (nSPS) is 30.7. The number of benzene rings is 1. The highest BCUT2D eigenvalue weighted by molar-refractivity contribution is 7.91. The molecule has 3 N–H and O–H groups in total. The third kappa shape index (κ3) is 8.73. The standard InChI is InChI=1S/C42H56ClF2N5O10S/c1-8-26(4)49(38(54)55)33-25(3)20-24(2)12-9-10-13-27-22-41(27,37(53)48-61(56,57)39(5)16-17-39)47-34(51)31-23-40(6,42(44,45)50(31)36(33)52)60-35-28-14-11-15-30(43)29(28)21-32(46-35)59-19-18-58-7/h10-11,13-15,21,24-27,31,33H,8-9,12,16-20,22-23H2,1-7H3,(H,47,51)(H,48,53)(H,54,55)/b13-10-/t24-,25+,26?,27+,31-,33-,40+,41+/m0/s1. The fourth-order valence-electron chi connectivity index (χ4n) is 8.57. The first-order chi connectivity index (χ1) is 28.6. The number of carbonyl (C=O) groups is 4. The molecule has 61 heavy (non-hydrogen) atoms. The Morgan fingerprint density at radius 2 is 1.85 bits per heavy atom. The average molecular weight is 896 g/mol. The molecule has 2 aliphatic heterocycles. The second-order valence-corrected chi connectivity index (χ2v) is 20.2. The number of alkyl halides is 2. The predicted molar refractivity (Wildman–Crippen MR) is 222 cm³/mol. The van der Waals surface area contributed by atoms with Gasteiger partial charge in [-0.05, 0) is 89.7 Å². The molecule has 336 valence electrons. The number of rotatable bonds is 12. The Kier molecular flexibility index (Phi) is 13.0.